The van der Waals surface area contributed by atoms with E-state index in [9.17, 15) is 9.18 Å². The Morgan fingerprint density at radius 1 is 1.78 bits per heavy atom. The molecule has 0 bridgehead atoms. The van der Waals surface area contributed by atoms with Crippen molar-refractivity contribution in [1.29, 1.82) is 0 Å². The number of hydrogen-bond acceptors (Lipinski definition) is 2. The monoisotopic (exact) mass is 133 g/mol. The highest BCUT2D eigenvalue weighted by atomic mass is 19.1. The van der Waals surface area contributed by atoms with Gasteiger partial charge >= 0.3 is 0 Å². The number of carbonyl (C=O) groups is 1. The first kappa shape index (κ1) is 8.56. The first-order chi connectivity index (χ1) is 3.95. The molecule has 0 radical (unpaired) electrons. The summed E-state index contributed by atoms with van der Waals surface area (Å²) >= 11 is 0. The second-order valence-electron chi connectivity index (χ2n) is 2.72. The van der Waals surface area contributed by atoms with E-state index in [4.69, 9.17) is 5.73 Å². The maximum Gasteiger partial charge on any atom is 0.136 e. The van der Waals surface area contributed by atoms with E-state index in [0.717, 1.165) is 0 Å². The van der Waals surface area contributed by atoms with Gasteiger partial charge in [0.15, 0.2) is 0 Å². The summed E-state index contributed by atoms with van der Waals surface area (Å²) in [6, 6.07) is -0.662. The van der Waals surface area contributed by atoms with Gasteiger partial charge in [0.2, 0.25) is 0 Å². The van der Waals surface area contributed by atoms with E-state index < -0.39 is 11.7 Å². The van der Waals surface area contributed by atoms with Crippen molar-refractivity contribution in [3.63, 3.8) is 0 Å². The Kier molecular flexibility index (Phi) is 2.77. The SMILES string of the molecule is CC(C)(F)CC(N)C=O. The molecular formula is C6H12FNO. The molecule has 0 fully saturated rings. The Hall–Kier alpha value is -0.440. The summed E-state index contributed by atoms with van der Waals surface area (Å²) < 4.78 is 12.6. The van der Waals surface area contributed by atoms with Gasteiger partial charge < -0.3 is 10.5 Å². The lowest BCUT2D eigenvalue weighted by atomic mass is 10.0. The molecule has 0 saturated heterocycles. The van der Waals surface area contributed by atoms with Gasteiger partial charge in [-0.15, -0.1) is 0 Å². The first-order valence-electron chi connectivity index (χ1n) is 2.85. The zero-order valence-electron chi connectivity index (χ0n) is 5.73. The van der Waals surface area contributed by atoms with Gasteiger partial charge in [0.05, 0.1) is 6.04 Å². The van der Waals surface area contributed by atoms with Crippen LogP contribution >= 0.6 is 0 Å². The maximum absolute atomic E-state index is 12.6. The first-order valence-corrected chi connectivity index (χ1v) is 2.85. The van der Waals surface area contributed by atoms with Gasteiger partial charge in [-0.05, 0) is 13.8 Å². The van der Waals surface area contributed by atoms with E-state index in [1.807, 2.05) is 0 Å². The summed E-state index contributed by atoms with van der Waals surface area (Å²) in [4.78, 5) is 9.89. The molecule has 1 unspecified atom stereocenters. The fourth-order valence-electron chi connectivity index (χ4n) is 0.609. The number of rotatable bonds is 3. The average Bonchev–Trinajstić information content (AvgIpc) is 1.62. The lowest BCUT2D eigenvalue weighted by Crippen LogP contribution is -2.30. The van der Waals surface area contributed by atoms with Crippen molar-refractivity contribution >= 4 is 6.29 Å². The Labute approximate surface area is 54.2 Å². The van der Waals surface area contributed by atoms with Gasteiger partial charge in [-0.25, -0.2) is 4.39 Å². The fraction of sp³-hybridized carbons (Fsp3) is 0.833. The molecule has 0 aliphatic heterocycles. The minimum Gasteiger partial charge on any atom is -0.322 e. The van der Waals surface area contributed by atoms with Gasteiger partial charge in [-0.2, -0.15) is 0 Å². The molecule has 54 valence electrons. The van der Waals surface area contributed by atoms with Crippen LogP contribution in [0.5, 0.6) is 0 Å². The van der Waals surface area contributed by atoms with Crippen LogP contribution < -0.4 is 5.73 Å². The van der Waals surface area contributed by atoms with E-state index in [1.165, 1.54) is 13.8 Å². The van der Waals surface area contributed by atoms with Crippen LogP contribution in [0.1, 0.15) is 20.3 Å². The molecule has 3 heteroatoms. The normalized spacial score (nSPS) is 15.1. The average molecular weight is 133 g/mol. The van der Waals surface area contributed by atoms with Gasteiger partial charge in [-0.1, -0.05) is 0 Å². The van der Waals surface area contributed by atoms with E-state index in [-0.39, 0.29) is 6.42 Å². The molecule has 2 nitrogen and oxygen atoms in total. The molecule has 0 heterocycles. The number of alkyl halides is 1. The second-order valence-corrected chi connectivity index (χ2v) is 2.72. The topological polar surface area (TPSA) is 43.1 Å². The highest BCUT2D eigenvalue weighted by molar-refractivity contribution is 5.57. The predicted molar refractivity (Wildman–Crippen MR) is 33.8 cm³/mol. The molecule has 0 spiro atoms. The molecule has 2 N–H and O–H groups in total. The summed E-state index contributed by atoms with van der Waals surface area (Å²) in [7, 11) is 0. The number of hydrogen-bond donors (Lipinski definition) is 1. The number of carbonyl (C=O) groups excluding carboxylic acids is 1. The highest BCUT2D eigenvalue weighted by Crippen LogP contribution is 2.13. The standard InChI is InChI=1S/C6H12FNO/c1-6(2,7)3-5(8)4-9/h4-5H,3,8H2,1-2H3. The minimum atomic E-state index is -1.33. The number of halogens is 1. The molecule has 0 saturated carbocycles. The molecular weight excluding hydrogens is 121 g/mol. The third-order valence-corrected chi connectivity index (χ3v) is 0.896. The lowest BCUT2D eigenvalue weighted by Gasteiger charge is -2.14. The van der Waals surface area contributed by atoms with Crippen LogP contribution in [0.3, 0.4) is 0 Å². The molecule has 0 aromatic rings. The van der Waals surface area contributed by atoms with Crippen molar-refractivity contribution in [3.05, 3.63) is 0 Å². The van der Waals surface area contributed by atoms with Crippen LogP contribution in [-0.2, 0) is 4.79 Å². The van der Waals surface area contributed by atoms with Crippen molar-refractivity contribution in [2.45, 2.75) is 32.0 Å². The van der Waals surface area contributed by atoms with Gasteiger partial charge in [-0.3, -0.25) is 0 Å². The molecule has 1 atom stereocenters. The van der Waals surface area contributed by atoms with Crippen molar-refractivity contribution in [2.24, 2.45) is 5.73 Å². The Morgan fingerprint density at radius 2 is 2.22 bits per heavy atom. The van der Waals surface area contributed by atoms with Crippen LogP contribution in [0.25, 0.3) is 0 Å². The summed E-state index contributed by atoms with van der Waals surface area (Å²) in [5.41, 5.74) is 3.82. The molecule has 0 aliphatic rings. The Balaban J connectivity index is 3.59. The molecule has 0 aromatic heterocycles. The van der Waals surface area contributed by atoms with Gasteiger partial charge in [0.1, 0.15) is 12.0 Å². The smallest absolute Gasteiger partial charge is 0.136 e. The van der Waals surface area contributed by atoms with Crippen LogP contribution in [0.2, 0.25) is 0 Å². The minimum absolute atomic E-state index is 0.0938. The summed E-state index contributed by atoms with van der Waals surface area (Å²) in [5.74, 6) is 0. The maximum atomic E-state index is 12.6. The molecule has 9 heavy (non-hydrogen) atoms. The van der Waals surface area contributed by atoms with E-state index in [1.54, 1.807) is 0 Å². The van der Waals surface area contributed by atoms with Crippen LogP contribution in [-0.4, -0.2) is 18.0 Å². The third kappa shape index (κ3) is 5.43. The van der Waals surface area contributed by atoms with Crippen molar-refractivity contribution in [1.82, 2.24) is 0 Å². The van der Waals surface area contributed by atoms with Crippen molar-refractivity contribution in [2.75, 3.05) is 0 Å². The van der Waals surface area contributed by atoms with Crippen LogP contribution in [0, 0.1) is 0 Å². The summed E-state index contributed by atoms with van der Waals surface area (Å²) in [5, 5.41) is 0. The largest absolute Gasteiger partial charge is 0.322 e. The summed E-state index contributed by atoms with van der Waals surface area (Å²) in [6.07, 6.45) is 0.651. The fourth-order valence-corrected chi connectivity index (χ4v) is 0.609. The molecule has 0 aliphatic carbocycles. The zero-order chi connectivity index (χ0) is 7.49. The van der Waals surface area contributed by atoms with Crippen LogP contribution in [0.4, 0.5) is 4.39 Å². The third-order valence-electron chi connectivity index (χ3n) is 0.896. The number of aldehydes is 1. The van der Waals surface area contributed by atoms with Gasteiger partial charge in [0.25, 0.3) is 0 Å². The zero-order valence-corrected chi connectivity index (χ0v) is 5.73. The van der Waals surface area contributed by atoms with E-state index in [0.29, 0.717) is 6.29 Å². The second kappa shape index (κ2) is 2.92. The highest BCUT2D eigenvalue weighted by Gasteiger charge is 2.18. The van der Waals surface area contributed by atoms with E-state index in [2.05, 4.69) is 0 Å². The molecule has 0 amide bonds. The summed E-state index contributed by atoms with van der Waals surface area (Å²) in [6.45, 7) is 2.80. The lowest BCUT2D eigenvalue weighted by molar-refractivity contribution is -0.109. The Morgan fingerprint density at radius 3 is 2.33 bits per heavy atom. The van der Waals surface area contributed by atoms with Crippen LogP contribution in [0.15, 0.2) is 0 Å². The molecule has 0 rings (SSSR count). The number of nitrogens with two attached hydrogens (primary N) is 1. The van der Waals surface area contributed by atoms with Crippen molar-refractivity contribution < 1.29 is 9.18 Å². The van der Waals surface area contributed by atoms with Crippen molar-refractivity contribution in [3.8, 4) is 0 Å². The van der Waals surface area contributed by atoms with E-state index >= 15 is 0 Å². The predicted octanol–water partition coefficient (Wildman–Crippen LogP) is 0.651. The van der Waals surface area contributed by atoms with Gasteiger partial charge in [0, 0.05) is 6.42 Å². The molecule has 0 aromatic carbocycles. The Bertz CT molecular complexity index is 97.7. The quantitative estimate of drug-likeness (QED) is 0.574.